The average Bonchev–Trinajstić information content (AvgIpc) is 2.83. The smallest absolute Gasteiger partial charge is 0.383 e. The van der Waals surface area contributed by atoms with Gasteiger partial charge < -0.3 is 16.0 Å². The van der Waals surface area contributed by atoms with Gasteiger partial charge in [0.05, 0.1) is 11.3 Å². The van der Waals surface area contributed by atoms with E-state index >= 15 is 0 Å². The van der Waals surface area contributed by atoms with Gasteiger partial charge in [0, 0.05) is 30.2 Å². The van der Waals surface area contributed by atoms with Gasteiger partial charge in [-0.2, -0.15) is 13.2 Å². The summed E-state index contributed by atoms with van der Waals surface area (Å²) in [7, 11) is 0. The number of hydrogen-bond donors (Lipinski definition) is 3. The van der Waals surface area contributed by atoms with Gasteiger partial charge in [0.1, 0.15) is 0 Å². The van der Waals surface area contributed by atoms with Crippen molar-refractivity contribution in [3.63, 3.8) is 0 Å². The lowest BCUT2D eigenvalue weighted by atomic mass is 9.89. The molecule has 0 saturated carbocycles. The van der Waals surface area contributed by atoms with Crippen molar-refractivity contribution in [2.24, 2.45) is 5.92 Å². The van der Waals surface area contributed by atoms with Crippen molar-refractivity contribution >= 4 is 11.4 Å². The zero-order valence-corrected chi connectivity index (χ0v) is 14.4. The van der Waals surface area contributed by atoms with Crippen LogP contribution in [0.15, 0.2) is 12.1 Å². The van der Waals surface area contributed by atoms with Crippen LogP contribution in [0.4, 0.5) is 24.5 Å². The second-order valence-electron chi connectivity index (χ2n) is 7.51. The number of fused-ring (bicyclic) bond motifs is 3. The van der Waals surface area contributed by atoms with E-state index in [1.165, 1.54) is 6.07 Å². The molecule has 1 aromatic carbocycles. The maximum atomic E-state index is 13.6. The van der Waals surface area contributed by atoms with E-state index in [1.807, 2.05) is 13.0 Å². The van der Waals surface area contributed by atoms with Crippen molar-refractivity contribution in [3.8, 4) is 0 Å². The van der Waals surface area contributed by atoms with Gasteiger partial charge in [0.25, 0.3) is 0 Å². The first-order valence-corrected chi connectivity index (χ1v) is 8.74. The van der Waals surface area contributed by atoms with Gasteiger partial charge in [-0.15, -0.1) is 0 Å². The van der Waals surface area contributed by atoms with Crippen LogP contribution in [0.2, 0.25) is 0 Å². The summed E-state index contributed by atoms with van der Waals surface area (Å²) >= 11 is 0. The summed E-state index contributed by atoms with van der Waals surface area (Å²) in [6, 6.07) is 3.41. The topological polar surface area (TPSA) is 36.1 Å². The SMILES string of the molecule is CC(C)CC(C)Nc1cc2c(c(C(F)(F)F)c1)NC1CCNCC21. The zero-order valence-electron chi connectivity index (χ0n) is 14.4. The quantitative estimate of drug-likeness (QED) is 0.758. The molecule has 3 rings (SSSR count). The Morgan fingerprint density at radius 3 is 2.67 bits per heavy atom. The first kappa shape index (κ1) is 17.4. The van der Waals surface area contributed by atoms with E-state index in [2.05, 4.69) is 29.8 Å². The van der Waals surface area contributed by atoms with Gasteiger partial charge in [-0.3, -0.25) is 0 Å². The molecule has 1 fully saturated rings. The standard InChI is InChI=1S/C18H26F3N3/c1-10(2)6-11(3)23-12-7-13-14-9-22-5-4-16(14)24-17(13)15(8-12)18(19,20)21/h7-8,10-11,14,16,22-24H,4-6,9H2,1-3H3. The highest BCUT2D eigenvalue weighted by atomic mass is 19.4. The number of halogens is 3. The molecule has 2 aliphatic rings. The lowest BCUT2D eigenvalue weighted by Crippen LogP contribution is -2.38. The van der Waals surface area contributed by atoms with Crippen molar-refractivity contribution < 1.29 is 13.2 Å². The molecule has 0 radical (unpaired) electrons. The number of nitrogens with one attached hydrogen (secondary N) is 3. The predicted molar refractivity (Wildman–Crippen MR) is 91.6 cm³/mol. The van der Waals surface area contributed by atoms with Gasteiger partial charge in [-0.25, -0.2) is 0 Å². The number of anilines is 2. The molecule has 6 heteroatoms. The Morgan fingerprint density at radius 2 is 2.00 bits per heavy atom. The van der Waals surface area contributed by atoms with Gasteiger partial charge in [0.2, 0.25) is 0 Å². The molecule has 0 bridgehead atoms. The van der Waals surface area contributed by atoms with Crippen molar-refractivity contribution in [3.05, 3.63) is 23.3 Å². The summed E-state index contributed by atoms with van der Waals surface area (Å²) in [4.78, 5) is 0. The summed E-state index contributed by atoms with van der Waals surface area (Å²) in [5, 5.41) is 9.70. The van der Waals surface area contributed by atoms with Crippen LogP contribution in [0.25, 0.3) is 0 Å². The molecule has 3 nitrogen and oxygen atoms in total. The van der Waals surface area contributed by atoms with Crippen LogP contribution in [0, 0.1) is 5.92 Å². The van der Waals surface area contributed by atoms with Crippen molar-refractivity contribution in [1.82, 2.24) is 5.32 Å². The second-order valence-corrected chi connectivity index (χ2v) is 7.51. The molecule has 0 aliphatic carbocycles. The Labute approximate surface area is 141 Å². The normalized spacial score (nSPS) is 24.3. The summed E-state index contributed by atoms with van der Waals surface area (Å²) < 4.78 is 40.7. The van der Waals surface area contributed by atoms with E-state index in [4.69, 9.17) is 0 Å². The fourth-order valence-corrected chi connectivity index (χ4v) is 4.02. The molecule has 0 amide bonds. The van der Waals surface area contributed by atoms with Gasteiger partial charge in [-0.05, 0) is 49.9 Å². The summed E-state index contributed by atoms with van der Waals surface area (Å²) in [5.41, 5.74) is 1.10. The largest absolute Gasteiger partial charge is 0.418 e. The number of rotatable bonds is 4. The van der Waals surface area contributed by atoms with Gasteiger partial charge in [-0.1, -0.05) is 13.8 Å². The zero-order chi connectivity index (χ0) is 17.5. The lowest BCUT2D eigenvalue weighted by Gasteiger charge is -2.26. The Bertz CT molecular complexity index is 598. The van der Waals surface area contributed by atoms with Crippen LogP contribution in [0.1, 0.15) is 50.7 Å². The van der Waals surface area contributed by atoms with Crippen molar-refractivity contribution in [2.45, 2.75) is 57.8 Å². The minimum absolute atomic E-state index is 0.102. The molecule has 0 aromatic heterocycles. The molecular weight excluding hydrogens is 315 g/mol. The molecule has 134 valence electrons. The molecule has 1 aromatic rings. The van der Waals surface area contributed by atoms with Gasteiger partial charge in [0.15, 0.2) is 0 Å². The number of piperidine rings is 1. The van der Waals surface area contributed by atoms with Crippen LogP contribution in [0.5, 0.6) is 0 Å². The maximum Gasteiger partial charge on any atom is 0.418 e. The Morgan fingerprint density at radius 1 is 1.25 bits per heavy atom. The molecule has 3 unspecified atom stereocenters. The summed E-state index contributed by atoms with van der Waals surface area (Å²) in [6.07, 6.45) is -2.58. The lowest BCUT2D eigenvalue weighted by molar-refractivity contribution is -0.136. The fourth-order valence-electron chi connectivity index (χ4n) is 4.02. The Kier molecular flexibility index (Phi) is 4.69. The van der Waals surface area contributed by atoms with Crippen LogP contribution in [0.3, 0.4) is 0 Å². The first-order valence-electron chi connectivity index (χ1n) is 8.74. The third-order valence-corrected chi connectivity index (χ3v) is 4.92. The predicted octanol–water partition coefficient (Wildman–Crippen LogP) is 4.42. The number of benzene rings is 1. The molecule has 2 aliphatic heterocycles. The molecule has 3 atom stereocenters. The van der Waals surface area contributed by atoms with E-state index in [1.54, 1.807) is 0 Å². The highest BCUT2D eigenvalue weighted by molar-refractivity contribution is 5.71. The third-order valence-electron chi connectivity index (χ3n) is 4.92. The van der Waals surface area contributed by atoms with E-state index in [-0.39, 0.29) is 23.7 Å². The van der Waals surface area contributed by atoms with E-state index in [0.717, 1.165) is 31.5 Å². The van der Waals surface area contributed by atoms with Crippen molar-refractivity contribution in [2.75, 3.05) is 23.7 Å². The summed E-state index contributed by atoms with van der Waals surface area (Å²) in [6.45, 7) is 7.82. The molecule has 3 N–H and O–H groups in total. The number of alkyl halides is 3. The highest BCUT2D eigenvalue weighted by Gasteiger charge is 2.42. The minimum Gasteiger partial charge on any atom is -0.383 e. The van der Waals surface area contributed by atoms with Gasteiger partial charge >= 0.3 is 6.18 Å². The Balaban J connectivity index is 1.95. The summed E-state index contributed by atoms with van der Waals surface area (Å²) in [5.74, 6) is 0.606. The van der Waals surface area contributed by atoms with E-state index in [0.29, 0.717) is 11.6 Å². The highest BCUT2D eigenvalue weighted by Crippen LogP contribution is 2.47. The molecule has 2 heterocycles. The maximum absolute atomic E-state index is 13.6. The van der Waals surface area contributed by atoms with E-state index in [9.17, 15) is 13.2 Å². The molecule has 24 heavy (non-hydrogen) atoms. The Hall–Kier alpha value is -1.43. The van der Waals surface area contributed by atoms with Crippen LogP contribution < -0.4 is 16.0 Å². The third kappa shape index (κ3) is 3.48. The molecule has 1 saturated heterocycles. The minimum atomic E-state index is -4.35. The van der Waals surface area contributed by atoms with Crippen molar-refractivity contribution in [1.29, 1.82) is 0 Å². The van der Waals surface area contributed by atoms with E-state index < -0.39 is 11.7 Å². The number of hydrogen-bond acceptors (Lipinski definition) is 3. The fraction of sp³-hybridized carbons (Fsp3) is 0.667. The van der Waals surface area contributed by atoms with Crippen LogP contribution in [-0.2, 0) is 6.18 Å². The molecular formula is C18H26F3N3. The average molecular weight is 341 g/mol. The monoisotopic (exact) mass is 341 g/mol. The first-order chi connectivity index (χ1) is 11.3. The van der Waals surface area contributed by atoms with Crippen LogP contribution in [-0.4, -0.2) is 25.2 Å². The van der Waals surface area contributed by atoms with Crippen LogP contribution >= 0.6 is 0 Å². The molecule has 0 spiro atoms. The second kappa shape index (κ2) is 6.47.